The standard InChI is InChI=1S/C24H34N4O3/c1-3-12-26-14-10-24(11-15-26)22(30)28(23(31)25-24)20-5-4-13-27(17-20)21(29)16-19-8-6-18(2)7-9-19/h6-9,20H,3-5,10-17H2,1-2H3,(H,25,31)/t20-/m0/s1. The SMILES string of the molecule is CCCN1CCC2(CC1)NC(=O)N([C@H]1CCCN(C(=O)Cc3ccc(C)cc3)C1)C2=O. The summed E-state index contributed by atoms with van der Waals surface area (Å²) in [5.41, 5.74) is 1.41. The molecule has 7 heteroatoms. The minimum Gasteiger partial charge on any atom is -0.340 e. The summed E-state index contributed by atoms with van der Waals surface area (Å²) in [5.74, 6) is -0.0327. The zero-order valence-electron chi connectivity index (χ0n) is 18.7. The Hall–Kier alpha value is -2.41. The van der Waals surface area contributed by atoms with E-state index in [0.717, 1.165) is 44.5 Å². The maximum absolute atomic E-state index is 13.4. The Morgan fingerprint density at radius 1 is 1.13 bits per heavy atom. The Bertz CT molecular complexity index is 830. The van der Waals surface area contributed by atoms with Crippen LogP contribution in [0.2, 0.25) is 0 Å². The fourth-order valence-electron chi connectivity index (χ4n) is 5.17. The van der Waals surface area contributed by atoms with Gasteiger partial charge in [0.2, 0.25) is 5.91 Å². The van der Waals surface area contributed by atoms with Crippen molar-refractivity contribution in [2.24, 2.45) is 0 Å². The molecule has 3 aliphatic heterocycles. The number of hydrogen-bond donors (Lipinski definition) is 1. The number of nitrogens with zero attached hydrogens (tertiary/aromatic N) is 3. The Labute approximate surface area is 184 Å². The quantitative estimate of drug-likeness (QED) is 0.734. The predicted molar refractivity (Wildman–Crippen MR) is 119 cm³/mol. The number of rotatable bonds is 5. The van der Waals surface area contributed by atoms with E-state index in [1.807, 2.05) is 36.1 Å². The Kier molecular flexibility index (Phi) is 6.32. The van der Waals surface area contributed by atoms with Gasteiger partial charge >= 0.3 is 6.03 Å². The van der Waals surface area contributed by atoms with Crippen molar-refractivity contribution in [3.63, 3.8) is 0 Å². The van der Waals surface area contributed by atoms with E-state index < -0.39 is 5.54 Å². The number of carbonyl (C=O) groups excluding carboxylic acids is 3. The summed E-state index contributed by atoms with van der Waals surface area (Å²) in [6, 6.07) is 7.48. The summed E-state index contributed by atoms with van der Waals surface area (Å²) in [5, 5.41) is 3.03. The van der Waals surface area contributed by atoms with Gasteiger partial charge in [0.05, 0.1) is 12.5 Å². The second-order valence-electron chi connectivity index (χ2n) is 9.33. The Morgan fingerprint density at radius 2 is 1.84 bits per heavy atom. The van der Waals surface area contributed by atoms with Gasteiger partial charge in [-0.15, -0.1) is 0 Å². The highest BCUT2D eigenvalue weighted by Crippen LogP contribution is 2.32. The number of carbonyl (C=O) groups is 3. The fourth-order valence-corrected chi connectivity index (χ4v) is 5.17. The van der Waals surface area contributed by atoms with Gasteiger partial charge in [0.15, 0.2) is 0 Å². The van der Waals surface area contributed by atoms with Gasteiger partial charge in [-0.1, -0.05) is 36.8 Å². The van der Waals surface area contributed by atoms with Gasteiger partial charge in [0, 0.05) is 26.2 Å². The van der Waals surface area contributed by atoms with E-state index in [9.17, 15) is 14.4 Å². The molecule has 4 rings (SSSR count). The van der Waals surface area contributed by atoms with Crippen molar-refractivity contribution in [3.05, 3.63) is 35.4 Å². The molecule has 0 aliphatic carbocycles. The van der Waals surface area contributed by atoms with Crippen LogP contribution in [0.5, 0.6) is 0 Å². The molecule has 0 aromatic heterocycles. The monoisotopic (exact) mass is 426 g/mol. The van der Waals surface area contributed by atoms with E-state index in [-0.39, 0.29) is 23.9 Å². The molecule has 3 heterocycles. The minimum atomic E-state index is -0.754. The molecular weight excluding hydrogens is 392 g/mol. The third-order valence-electron chi connectivity index (χ3n) is 7.03. The molecule has 1 N–H and O–H groups in total. The van der Waals surface area contributed by atoms with Crippen LogP contribution < -0.4 is 5.32 Å². The molecule has 3 saturated heterocycles. The van der Waals surface area contributed by atoms with Crippen LogP contribution in [-0.4, -0.2) is 76.8 Å². The first-order valence-electron chi connectivity index (χ1n) is 11.6. The van der Waals surface area contributed by atoms with Crippen molar-refractivity contribution in [2.45, 2.75) is 64.0 Å². The number of benzene rings is 1. The third kappa shape index (κ3) is 4.47. The summed E-state index contributed by atoms with van der Waals surface area (Å²) < 4.78 is 0. The van der Waals surface area contributed by atoms with Gasteiger partial charge in [-0.2, -0.15) is 0 Å². The lowest BCUT2D eigenvalue weighted by molar-refractivity contribution is -0.138. The molecule has 7 nitrogen and oxygen atoms in total. The average molecular weight is 427 g/mol. The molecule has 0 unspecified atom stereocenters. The molecule has 4 amide bonds. The van der Waals surface area contributed by atoms with Crippen molar-refractivity contribution in [2.75, 3.05) is 32.7 Å². The van der Waals surface area contributed by atoms with Crippen LogP contribution in [0.4, 0.5) is 4.79 Å². The number of nitrogens with one attached hydrogen (secondary N) is 1. The normalized spacial score (nSPS) is 24.0. The molecule has 1 aromatic rings. The van der Waals surface area contributed by atoms with Crippen LogP contribution in [0.25, 0.3) is 0 Å². The molecular formula is C24H34N4O3. The lowest BCUT2D eigenvalue weighted by Crippen LogP contribution is -2.56. The van der Waals surface area contributed by atoms with E-state index in [0.29, 0.717) is 32.4 Å². The number of likely N-dealkylation sites (tertiary alicyclic amines) is 2. The van der Waals surface area contributed by atoms with Crippen LogP contribution in [0, 0.1) is 6.92 Å². The topological polar surface area (TPSA) is 73.0 Å². The molecule has 0 radical (unpaired) electrons. The highest BCUT2D eigenvalue weighted by atomic mass is 16.2. The summed E-state index contributed by atoms with van der Waals surface area (Å²) in [6.45, 7) is 7.99. The van der Waals surface area contributed by atoms with Gasteiger partial charge in [-0.05, 0) is 51.1 Å². The van der Waals surface area contributed by atoms with E-state index >= 15 is 0 Å². The number of hydrogen-bond acceptors (Lipinski definition) is 4. The van der Waals surface area contributed by atoms with Gasteiger partial charge in [0.25, 0.3) is 5.91 Å². The Morgan fingerprint density at radius 3 is 2.52 bits per heavy atom. The maximum Gasteiger partial charge on any atom is 0.325 e. The first-order valence-corrected chi connectivity index (χ1v) is 11.6. The third-order valence-corrected chi connectivity index (χ3v) is 7.03. The van der Waals surface area contributed by atoms with Crippen LogP contribution in [-0.2, 0) is 16.0 Å². The summed E-state index contributed by atoms with van der Waals surface area (Å²) >= 11 is 0. The second kappa shape index (κ2) is 8.99. The number of aryl methyl sites for hydroxylation is 1. The molecule has 1 aromatic carbocycles. The highest BCUT2D eigenvalue weighted by Gasteiger charge is 2.54. The molecule has 0 saturated carbocycles. The number of urea groups is 1. The zero-order valence-corrected chi connectivity index (χ0v) is 18.7. The van der Waals surface area contributed by atoms with E-state index in [2.05, 4.69) is 17.1 Å². The van der Waals surface area contributed by atoms with Crippen molar-refractivity contribution >= 4 is 17.8 Å². The average Bonchev–Trinajstić information content (AvgIpc) is 3.01. The van der Waals surface area contributed by atoms with Gasteiger partial charge in [-0.25, -0.2) is 4.79 Å². The molecule has 0 bridgehead atoms. The lowest BCUT2D eigenvalue weighted by Gasteiger charge is -2.39. The van der Waals surface area contributed by atoms with E-state index in [1.165, 1.54) is 10.5 Å². The fraction of sp³-hybridized carbons (Fsp3) is 0.625. The molecule has 3 fully saturated rings. The predicted octanol–water partition coefficient (Wildman–Crippen LogP) is 2.32. The smallest absolute Gasteiger partial charge is 0.325 e. The first-order chi connectivity index (χ1) is 14.9. The molecule has 3 aliphatic rings. The number of imide groups is 1. The van der Waals surface area contributed by atoms with Crippen molar-refractivity contribution in [3.8, 4) is 0 Å². The molecule has 1 atom stereocenters. The Balaban J connectivity index is 1.40. The largest absolute Gasteiger partial charge is 0.340 e. The van der Waals surface area contributed by atoms with E-state index in [1.54, 1.807) is 0 Å². The van der Waals surface area contributed by atoms with E-state index in [4.69, 9.17) is 0 Å². The zero-order chi connectivity index (χ0) is 22.0. The summed E-state index contributed by atoms with van der Waals surface area (Å²) in [4.78, 5) is 44.7. The number of piperidine rings is 2. The summed E-state index contributed by atoms with van der Waals surface area (Å²) in [7, 11) is 0. The van der Waals surface area contributed by atoms with Crippen LogP contribution in [0.3, 0.4) is 0 Å². The van der Waals surface area contributed by atoms with Crippen LogP contribution >= 0.6 is 0 Å². The van der Waals surface area contributed by atoms with Crippen molar-refractivity contribution < 1.29 is 14.4 Å². The first kappa shape index (κ1) is 21.8. The van der Waals surface area contributed by atoms with Gasteiger partial charge in [-0.3, -0.25) is 14.5 Å². The van der Waals surface area contributed by atoms with Crippen molar-refractivity contribution in [1.82, 2.24) is 20.0 Å². The molecule has 1 spiro atoms. The molecule has 168 valence electrons. The van der Waals surface area contributed by atoms with Crippen LogP contribution in [0.1, 0.15) is 50.2 Å². The number of amides is 4. The van der Waals surface area contributed by atoms with Crippen LogP contribution in [0.15, 0.2) is 24.3 Å². The van der Waals surface area contributed by atoms with Gasteiger partial charge < -0.3 is 15.1 Å². The van der Waals surface area contributed by atoms with Gasteiger partial charge in [0.1, 0.15) is 5.54 Å². The lowest BCUT2D eigenvalue weighted by atomic mass is 9.87. The molecule has 31 heavy (non-hydrogen) atoms. The highest BCUT2D eigenvalue weighted by molar-refractivity contribution is 6.07. The second-order valence-corrected chi connectivity index (χ2v) is 9.33. The minimum absolute atomic E-state index is 0.0585. The summed E-state index contributed by atoms with van der Waals surface area (Å²) in [6.07, 6.45) is 4.33. The van der Waals surface area contributed by atoms with Crippen molar-refractivity contribution in [1.29, 1.82) is 0 Å². The maximum atomic E-state index is 13.4.